The molecule has 0 fully saturated rings. The van der Waals surface area contributed by atoms with Crippen LogP contribution in [0.1, 0.15) is 48.4 Å². The first-order valence-electron chi connectivity index (χ1n) is 12.1. The standard InChI is InChI=1S/C28H30O12/c1-17(29)37-23(15-35-27(33)21-11-7-5-8-12-21)25(39-19(3)31)26(40-20(4)32)24(38-18(2)30)16-36-28(34)22-13-9-6-10-14-22/h5-14,23-26H,15-16H2,1-4H3/t23-,24+,25-,26-/m1/s1. The van der Waals surface area contributed by atoms with Gasteiger partial charge in [0.1, 0.15) is 13.2 Å². The number of carbonyl (C=O) groups excluding carboxylic acids is 6. The summed E-state index contributed by atoms with van der Waals surface area (Å²) in [6.07, 6.45) is -6.37. The molecule has 0 amide bonds. The van der Waals surface area contributed by atoms with Gasteiger partial charge in [-0.05, 0) is 24.3 Å². The summed E-state index contributed by atoms with van der Waals surface area (Å²) in [6, 6.07) is 15.8. The first-order valence-corrected chi connectivity index (χ1v) is 12.1. The molecule has 0 aliphatic rings. The van der Waals surface area contributed by atoms with E-state index < -0.39 is 73.4 Å². The average Bonchev–Trinajstić information content (AvgIpc) is 2.91. The van der Waals surface area contributed by atoms with Crippen LogP contribution in [0.4, 0.5) is 0 Å². The molecule has 4 atom stereocenters. The number of esters is 6. The van der Waals surface area contributed by atoms with E-state index in [4.69, 9.17) is 28.4 Å². The predicted molar refractivity (Wildman–Crippen MR) is 136 cm³/mol. The molecule has 12 nitrogen and oxygen atoms in total. The van der Waals surface area contributed by atoms with Gasteiger partial charge in [0.05, 0.1) is 11.1 Å². The fourth-order valence-electron chi connectivity index (χ4n) is 3.54. The SMILES string of the molecule is CC(=O)O[C@@H]([C@H](OC(C)=O)[C@@H](COC(=O)c1ccccc1)OC(C)=O)[C@H](COC(=O)c1ccccc1)OC(C)=O. The Labute approximate surface area is 230 Å². The van der Waals surface area contributed by atoms with Crippen LogP contribution < -0.4 is 0 Å². The highest BCUT2D eigenvalue weighted by molar-refractivity contribution is 5.89. The molecule has 0 spiro atoms. The Kier molecular flexibility index (Phi) is 12.3. The third kappa shape index (κ3) is 10.6. The first kappa shape index (κ1) is 31.5. The zero-order valence-corrected chi connectivity index (χ0v) is 22.4. The number of hydrogen-bond acceptors (Lipinski definition) is 12. The largest absolute Gasteiger partial charge is 0.458 e. The summed E-state index contributed by atoms with van der Waals surface area (Å²) in [5, 5.41) is 0. The van der Waals surface area contributed by atoms with Crippen LogP contribution in [0.5, 0.6) is 0 Å². The molecule has 0 unspecified atom stereocenters. The smallest absolute Gasteiger partial charge is 0.338 e. The van der Waals surface area contributed by atoms with Crippen LogP contribution in [-0.2, 0) is 47.6 Å². The van der Waals surface area contributed by atoms with Crippen LogP contribution in [-0.4, -0.2) is 73.4 Å². The molecule has 12 heteroatoms. The van der Waals surface area contributed by atoms with Gasteiger partial charge in [-0.25, -0.2) is 9.59 Å². The van der Waals surface area contributed by atoms with Gasteiger partial charge in [0.2, 0.25) is 0 Å². The van der Waals surface area contributed by atoms with Gasteiger partial charge >= 0.3 is 35.8 Å². The van der Waals surface area contributed by atoms with Gasteiger partial charge in [-0.3, -0.25) is 19.2 Å². The monoisotopic (exact) mass is 558 g/mol. The van der Waals surface area contributed by atoms with E-state index in [1.54, 1.807) is 36.4 Å². The molecule has 0 radical (unpaired) electrons. The van der Waals surface area contributed by atoms with Crippen molar-refractivity contribution in [2.75, 3.05) is 13.2 Å². The lowest BCUT2D eigenvalue weighted by atomic mass is 10.0. The lowest BCUT2D eigenvalue weighted by Gasteiger charge is -2.35. The van der Waals surface area contributed by atoms with E-state index in [0.29, 0.717) is 0 Å². The van der Waals surface area contributed by atoms with Crippen LogP contribution in [0, 0.1) is 0 Å². The van der Waals surface area contributed by atoms with Crippen LogP contribution in [0.25, 0.3) is 0 Å². The van der Waals surface area contributed by atoms with E-state index in [1.807, 2.05) is 0 Å². The van der Waals surface area contributed by atoms with Crippen molar-refractivity contribution >= 4 is 35.8 Å². The Morgan fingerprint density at radius 2 is 0.800 bits per heavy atom. The molecular formula is C28H30O12. The average molecular weight is 559 g/mol. The van der Waals surface area contributed by atoms with Crippen molar-refractivity contribution < 1.29 is 57.2 Å². The fraction of sp³-hybridized carbons (Fsp3) is 0.357. The lowest BCUT2D eigenvalue weighted by molar-refractivity contribution is -0.203. The van der Waals surface area contributed by atoms with E-state index in [1.165, 1.54) is 24.3 Å². The molecule has 2 rings (SSSR count). The second-order valence-corrected chi connectivity index (χ2v) is 8.37. The third-order valence-electron chi connectivity index (χ3n) is 5.07. The van der Waals surface area contributed by atoms with Crippen molar-refractivity contribution in [3.05, 3.63) is 71.8 Å². The minimum absolute atomic E-state index is 0.190. The van der Waals surface area contributed by atoms with Gasteiger partial charge < -0.3 is 28.4 Å². The summed E-state index contributed by atoms with van der Waals surface area (Å²) in [5.41, 5.74) is 0.380. The predicted octanol–water partition coefficient (Wildman–Crippen LogP) is 2.43. The second-order valence-electron chi connectivity index (χ2n) is 8.37. The van der Waals surface area contributed by atoms with E-state index in [-0.39, 0.29) is 11.1 Å². The molecule has 0 aliphatic carbocycles. The molecule has 2 aromatic carbocycles. The van der Waals surface area contributed by atoms with Crippen LogP contribution in [0.2, 0.25) is 0 Å². The molecular weight excluding hydrogens is 528 g/mol. The highest BCUT2D eigenvalue weighted by Crippen LogP contribution is 2.21. The maximum absolute atomic E-state index is 12.5. The molecule has 0 N–H and O–H groups in total. The molecule has 0 heterocycles. The first-order chi connectivity index (χ1) is 19.0. The summed E-state index contributed by atoms with van der Waals surface area (Å²) in [7, 11) is 0. The van der Waals surface area contributed by atoms with Crippen molar-refractivity contribution in [3.63, 3.8) is 0 Å². The highest BCUT2D eigenvalue weighted by atomic mass is 16.6. The van der Waals surface area contributed by atoms with Crippen molar-refractivity contribution in [2.24, 2.45) is 0 Å². The Balaban J connectivity index is 2.41. The van der Waals surface area contributed by atoms with Gasteiger partial charge in [-0.2, -0.15) is 0 Å². The topological polar surface area (TPSA) is 158 Å². The quantitative estimate of drug-likeness (QED) is 0.262. The molecule has 0 saturated carbocycles. The highest BCUT2D eigenvalue weighted by Gasteiger charge is 2.44. The Morgan fingerprint density at radius 3 is 1.07 bits per heavy atom. The summed E-state index contributed by atoms with van der Waals surface area (Å²) in [4.78, 5) is 73.2. The molecule has 40 heavy (non-hydrogen) atoms. The van der Waals surface area contributed by atoms with Crippen LogP contribution >= 0.6 is 0 Å². The van der Waals surface area contributed by atoms with Gasteiger partial charge in [-0.1, -0.05) is 36.4 Å². The Morgan fingerprint density at radius 1 is 0.500 bits per heavy atom. The normalized spacial score (nSPS) is 13.4. The molecule has 0 bridgehead atoms. The summed E-state index contributed by atoms with van der Waals surface area (Å²) in [6.45, 7) is 2.91. The molecule has 0 saturated heterocycles. The van der Waals surface area contributed by atoms with Gasteiger partial charge in [0.15, 0.2) is 24.4 Å². The third-order valence-corrected chi connectivity index (χ3v) is 5.07. The zero-order chi connectivity index (χ0) is 29.7. The van der Waals surface area contributed by atoms with E-state index in [9.17, 15) is 28.8 Å². The zero-order valence-electron chi connectivity index (χ0n) is 22.4. The maximum atomic E-state index is 12.5. The van der Waals surface area contributed by atoms with Crippen molar-refractivity contribution in [3.8, 4) is 0 Å². The number of ether oxygens (including phenoxy) is 6. The molecule has 0 aromatic heterocycles. The van der Waals surface area contributed by atoms with Crippen LogP contribution in [0.3, 0.4) is 0 Å². The summed E-state index contributed by atoms with van der Waals surface area (Å²) >= 11 is 0. The Hall–Kier alpha value is -4.74. The van der Waals surface area contributed by atoms with Gasteiger partial charge in [0.25, 0.3) is 0 Å². The lowest BCUT2D eigenvalue weighted by Crippen LogP contribution is -2.54. The van der Waals surface area contributed by atoms with Gasteiger partial charge in [0, 0.05) is 27.7 Å². The number of carbonyl (C=O) groups is 6. The molecule has 0 aliphatic heterocycles. The molecule has 214 valence electrons. The second kappa shape index (κ2) is 15.6. The van der Waals surface area contributed by atoms with E-state index >= 15 is 0 Å². The number of rotatable bonds is 13. The minimum atomic E-state index is -1.66. The fourth-order valence-corrected chi connectivity index (χ4v) is 3.54. The summed E-state index contributed by atoms with van der Waals surface area (Å²) < 4.78 is 31.8. The van der Waals surface area contributed by atoms with Gasteiger partial charge in [-0.15, -0.1) is 0 Å². The summed E-state index contributed by atoms with van der Waals surface area (Å²) in [5.74, 6) is -5.04. The minimum Gasteiger partial charge on any atom is -0.458 e. The Bertz CT molecular complexity index is 1080. The van der Waals surface area contributed by atoms with E-state index in [2.05, 4.69) is 0 Å². The van der Waals surface area contributed by atoms with Crippen molar-refractivity contribution in [1.82, 2.24) is 0 Å². The maximum Gasteiger partial charge on any atom is 0.338 e. The van der Waals surface area contributed by atoms with Crippen molar-refractivity contribution in [2.45, 2.75) is 52.1 Å². The number of hydrogen-bond donors (Lipinski definition) is 0. The van der Waals surface area contributed by atoms with Crippen LogP contribution in [0.15, 0.2) is 60.7 Å². The van der Waals surface area contributed by atoms with Crippen molar-refractivity contribution in [1.29, 1.82) is 0 Å². The number of benzene rings is 2. The van der Waals surface area contributed by atoms with E-state index in [0.717, 1.165) is 27.7 Å². The molecule has 2 aromatic rings.